The first-order valence-electron chi connectivity index (χ1n) is 10.1. The number of barbiturate groups is 1. The van der Waals surface area contributed by atoms with E-state index in [-0.39, 0.29) is 17.9 Å². The normalized spacial score (nSPS) is 15.0. The highest BCUT2D eigenvalue weighted by atomic mass is 35.5. The minimum absolute atomic E-state index is 0.184. The molecule has 4 rings (SSSR count). The SMILES string of the molecule is Cc1ccc(N2C(=O)NC(=O)/C(=C/c3ccccc3OCc3ccc(Cl)c(Cl)c3)C2=O)cc1Cl. The third-order valence-electron chi connectivity index (χ3n) is 5.11. The number of amides is 4. The predicted molar refractivity (Wildman–Crippen MR) is 132 cm³/mol. The number of hydrogen-bond donors (Lipinski definition) is 1. The van der Waals surface area contributed by atoms with Gasteiger partial charge in [0.05, 0.1) is 15.7 Å². The summed E-state index contributed by atoms with van der Waals surface area (Å²) in [6.07, 6.45) is 1.39. The van der Waals surface area contributed by atoms with E-state index >= 15 is 0 Å². The average molecular weight is 516 g/mol. The first kappa shape index (κ1) is 23.8. The second-order valence-corrected chi connectivity index (χ2v) is 8.69. The molecule has 0 spiro atoms. The van der Waals surface area contributed by atoms with Crippen LogP contribution >= 0.6 is 34.8 Å². The van der Waals surface area contributed by atoms with E-state index in [9.17, 15) is 14.4 Å². The van der Waals surface area contributed by atoms with Crippen LogP contribution in [0.1, 0.15) is 16.7 Å². The van der Waals surface area contributed by atoms with E-state index in [4.69, 9.17) is 39.5 Å². The summed E-state index contributed by atoms with van der Waals surface area (Å²) in [6.45, 7) is 1.98. The number of urea groups is 1. The van der Waals surface area contributed by atoms with Crippen molar-refractivity contribution in [2.75, 3.05) is 4.90 Å². The Bertz CT molecular complexity index is 1350. The Balaban J connectivity index is 1.64. The Morgan fingerprint density at radius 3 is 2.41 bits per heavy atom. The molecule has 0 unspecified atom stereocenters. The lowest BCUT2D eigenvalue weighted by Crippen LogP contribution is -2.54. The number of hydrogen-bond acceptors (Lipinski definition) is 4. The summed E-state index contributed by atoms with van der Waals surface area (Å²) < 4.78 is 5.90. The van der Waals surface area contributed by atoms with Crippen LogP contribution in [-0.2, 0) is 16.2 Å². The van der Waals surface area contributed by atoms with Crippen LogP contribution < -0.4 is 15.0 Å². The zero-order valence-corrected chi connectivity index (χ0v) is 20.0. The van der Waals surface area contributed by atoms with Gasteiger partial charge in [-0.15, -0.1) is 0 Å². The number of halogens is 3. The number of carbonyl (C=O) groups is 3. The molecule has 0 aromatic heterocycles. The van der Waals surface area contributed by atoms with Crippen LogP contribution in [-0.4, -0.2) is 17.8 Å². The van der Waals surface area contributed by atoms with Crippen molar-refractivity contribution in [3.05, 3.63) is 98.0 Å². The number of anilines is 1. The van der Waals surface area contributed by atoms with Gasteiger partial charge in [0.25, 0.3) is 11.8 Å². The van der Waals surface area contributed by atoms with Gasteiger partial charge < -0.3 is 4.74 Å². The quantitative estimate of drug-likeness (QED) is 0.324. The summed E-state index contributed by atoms with van der Waals surface area (Å²) in [5.41, 5.74) is 2.09. The molecule has 0 radical (unpaired) electrons. The molecular formula is C25H17Cl3N2O4. The molecule has 3 aromatic carbocycles. The van der Waals surface area contributed by atoms with Crippen LogP contribution in [0.4, 0.5) is 10.5 Å². The lowest BCUT2D eigenvalue weighted by atomic mass is 10.1. The fourth-order valence-corrected chi connectivity index (χ4v) is 3.79. The van der Waals surface area contributed by atoms with Crippen LogP contribution in [0, 0.1) is 6.92 Å². The molecule has 1 saturated heterocycles. The molecule has 4 amide bonds. The predicted octanol–water partition coefficient (Wildman–Crippen LogP) is 6.20. The molecule has 3 aromatic rings. The van der Waals surface area contributed by atoms with Crippen molar-refractivity contribution in [2.45, 2.75) is 13.5 Å². The molecule has 0 atom stereocenters. The monoisotopic (exact) mass is 514 g/mol. The Morgan fingerprint density at radius 2 is 1.68 bits per heavy atom. The lowest BCUT2D eigenvalue weighted by Gasteiger charge is -2.26. The number of aryl methyl sites for hydroxylation is 1. The summed E-state index contributed by atoms with van der Waals surface area (Å²) in [6, 6.07) is 16.0. The fraction of sp³-hybridized carbons (Fsp3) is 0.0800. The molecule has 0 aliphatic carbocycles. The molecule has 9 heteroatoms. The number of rotatable bonds is 5. The molecule has 0 bridgehead atoms. The molecule has 1 N–H and O–H groups in total. The second kappa shape index (κ2) is 9.89. The van der Waals surface area contributed by atoms with Crippen molar-refractivity contribution in [1.82, 2.24) is 5.32 Å². The largest absolute Gasteiger partial charge is 0.488 e. The van der Waals surface area contributed by atoms with Crippen LogP contribution in [0.15, 0.2) is 66.2 Å². The van der Waals surface area contributed by atoms with E-state index in [2.05, 4.69) is 5.32 Å². The van der Waals surface area contributed by atoms with E-state index in [1.54, 1.807) is 61.5 Å². The Hall–Kier alpha value is -3.32. The Morgan fingerprint density at radius 1 is 0.912 bits per heavy atom. The summed E-state index contributed by atoms with van der Waals surface area (Å²) in [7, 11) is 0. The smallest absolute Gasteiger partial charge is 0.335 e. The fourth-order valence-electron chi connectivity index (χ4n) is 3.29. The second-order valence-electron chi connectivity index (χ2n) is 7.47. The van der Waals surface area contributed by atoms with Gasteiger partial charge in [-0.05, 0) is 54.5 Å². The number of nitrogens with one attached hydrogen (secondary N) is 1. The third-order valence-corrected chi connectivity index (χ3v) is 6.26. The van der Waals surface area contributed by atoms with Crippen LogP contribution in [0.5, 0.6) is 5.75 Å². The Labute approximate surface area is 210 Å². The van der Waals surface area contributed by atoms with Gasteiger partial charge in [0.1, 0.15) is 17.9 Å². The molecule has 34 heavy (non-hydrogen) atoms. The van der Waals surface area contributed by atoms with Crippen molar-refractivity contribution in [3.8, 4) is 5.75 Å². The minimum Gasteiger partial charge on any atom is -0.488 e. The lowest BCUT2D eigenvalue weighted by molar-refractivity contribution is -0.122. The van der Waals surface area contributed by atoms with E-state index in [1.165, 1.54) is 12.1 Å². The van der Waals surface area contributed by atoms with E-state index in [0.717, 1.165) is 16.0 Å². The summed E-state index contributed by atoms with van der Waals surface area (Å²) in [5.74, 6) is -1.14. The van der Waals surface area contributed by atoms with Gasteiger partial charge in [-0.1, -0.05) is 65.1 Å². The maximum absolute atomic E-state index is 13.2. The average Bonchev–Trinajstić information content (AvgIpc) is 2.80. The highest BCUT2D eigenvalue weighted by Crippen LogP contribution is 2.29. The first-order chi connectivity index (χ1) is 16.2. The van der Waals surface area contributed by atoms with E-state index in [0.29, 0.717) is 26.4 Å². The molecule has 1 heterocycles. The van der Waals surface area contributed by atoms with Crippen molar-refractivity contribution in [3.63, 3.8) is 0 Å². The zero-order valence-electron chi connectivity index (χ0n) is 17.8. The molecule has 0 saturated carbocycles. The number of para-hydroxylation sites is 1. The molecule has 1 aliphatic heterocycles. The van der Waals surface area contributed by atoms with Crippen molar-refractivity contribution in [2.24, 2.45) is 0 Å². The maximum Gasteiger partial charge on any atom is 0.335 e. The molecule has 172 valence electrons. The van der Waals surface area contributed by atoms with Crippen LogP contribution in [0.2, 0.25) is 15.1 Å². The van der Waals surface area contributed by atoms with Gasteiger partial charge >= 0.3 is 6.03 Å². The number of ether oxygens (including phenoxy) is 1. The number of imide groups is 2. The van der Waals surface area contributed by atoms with Gasteiger partial charge in [-0.2, -0.15) is 0 Å². The first-order valence-corrected chi connectivity index (χ1v) is 11.2. The van der Waals surface area contributed by atoms with Gasteiger partial charge in [-0.3, -0.25) is 14.9 Å². The van der Waals surface area contributed by atoms with Gasteiger partial charge in [0.2, 0.25) is 0 Å². The standard InChI is InChI=1S/C25H17Cl3N2O4/c1-14-6-8-17(12-20(14)27)30-24(32)18(23(31)29-25(30)33)11-16-4-2-3-5-22(16)34-13-15-7-9-19(26)21(28)10-15/h2-12H,13H2,1H3,(H,29,31,33)/b18-11-. The maximum atomic E-state index is 13.2. The van der Waals surface area contributed by atoms with Crippen molar-refractivity contribution >= 4 is 64.4 Å². The topological polar surface area (TPSA) is 75.7 Å². The van der Waals surface area contributed by atoms with Crippen molar-refractivity contribution in [1.29, 1.82) is 0 Å². The van der Waals surface area contributed by atoms with Gasteiger partial charge in [0, 0.05) is 10.6 Å². The molecule has 6 nitrogen and oxygen atoms in total. The number of carbonyl (C=O) groups excluding carboxylic acids is 3. The summed E-state index contributed by atoms with van der Waals surface area (Å²) in [4.78, 5) is 39.0. The minimum atomic E-state index is -0.851. The third kappa shape index (κ3) is 4.94. The highest BCUT2D eigenvalue weighted by Gasteiger charge is 2.37. The summed E-state index contributed by atoms with van der Waals surface area (Å²) >= 11 is 18.2. The van der Waals surface area contributed by atoms with E-state index < -0.39 is 17.8 Å². The Kier molecular flexibility index (Phi) is 6.93. The molecular weight excluding hydrogens is 499 g/mol. The van der Waals surface area contributed by atoms with Crippen molar-refractivity contribution < 1.29 is 19.1 Å². The van der Waals surface area contributed by atoms with Gasteiger partial charge in [0.15, 0.2) is 0 Å². The van der Waals surface area contributed by atoms with Crippen LogP contribution in [0.25, 0.3) is 6.08 Å². The highest BCUT2D eigenvalue weighted by molar-refractivity contribution is 6.42. The zero-order chi connectivity index (χ0) is 24.4. The number of benzene rings is 3. The van der Waals surface area contributed by atoms with E-state index in [1.807, 2.05) is 0 Å². The van der Waals surface area contributed by atoms with Gasteiger partial charge in [-0.25, -0.2) is 9.69 Å². The number of nitrogens with zero attached hydrogens (tertiary/aromatic N) is 1. The molecule has 1 aliphatic rings. The van der Waals surface area contributed by atoms with Crippen LogP contribution in [0.3, 0.4) is 0 Å². The summed E-state index contributed by atoms with van der Waals surface area (Å²) in [5, 5.41) is 3.43. The molecule has 1 fully saturated rings.